The lowest BCUT2D eigenvalue weighted by Gasteiger charge is -2.31. The van der Waals surface area contributed by atoms with Crippen molar-refractivity contribution in [1.29, 1.82) is 0 Å². The van der Waals surface area contributed by atoms with Gasteiger partial charge in [-0.25, -0.2) is 0 Å². The summed E-state index contributed by atoms with van der Waals surface area (Å²) in [7, 11) is 1.62. The van der Waals surface area contributed by atoms with Crippen LogP contribution in [0.3, 0.4) is 0 Å². The Hall–Kier alpha value is -2.62. The normalized spacial score (nSPS) is 17.8. The molecule has 1 aliphatic rings. The average molecular weight is 331 g/mol. The third kappa shape index (κ3) is 2.72. The van der Waals surface area contributed by atoms with Gasteiger partial charge < -0.3 is 9.47 Å². The second kappa shape index (κ2) is 6.03. The van der Waals surface area contributed by atoms with Gasteiger partial charge in [0.25, 0.3) is 0 Å². The monoisotopic (exact) mass is 331 g/mol. The molecule has 0 fully saturated rings. The highest BCUT2D eigenvalue weighted by Crippen LogP contribution is 2.45. The van der Waals surface area contributed by atoms with Crippen LogP contribution in [0.15, 0.2) is 72.8 Å². The van der Waals surface area contributed by atoms with Gasteiger partial charge in [-0.1, -0.05) is 60.7 Å². The molecule has 0 amide bonds. The Morgan fingerprint density at radius 1 is 0.920 bits per heavy atom. The molecule has 2 N–H and O–H groups in total. The highest BCUT2D eigenvalue weighted by Gasteiger charge is 2.30. The predicted molar refractivity (Wildman–Crippen MR) is 99.3 cm³/mol. The Labute approximate surface area is 148 Å². The van der Waals surface area contributed by atoms with Gasteiger partial charge in [-0.3, -0.25) is 5.73 Å². The average Bonchev–Trinajstić information content (AvgIpc) is 2.67. The van der Waals surface area contributed by atoms with Gasteiger partial charge in [0.2, 0.25) is 0 Å². The minimum Gasteiger partial charge on any atom is -0.480 e. The van der Waals surface area contributed by atoms with Crippen molar-refractivity contribution < 1.29 is 9.47 Å². The number of hydrogen-bond acceptors (Lipinski definition) is 3. The topological polar surface area (TPSA) is 44.5 Å². The zero-order valence-electron chi connectivity index (χ0n) is 14.4. The molecule has 0 spiro atoms. The lowest BCUT2D eigenvalue weighted by Crippen LogP contribution is -2.35. The van der Waals surface area contributed by atoms with E-state index in [9.17, 15) is 0 Å². The molecule has 1 heterocycles. The second-order valence-corrected chi connectivity index (χ2v) is 6.52. The predicted octanol–water partition coefficient (Wildman–Crippen LogP) is 4.61. The van der Waals surface area contributed by atoms with Crippen molar-refractivity contribution in [2.75, 3.05) is 7.11 Å². The number of hydrogen-bond donors (Lipinski definition) is 1. The van der Waals surface area contributed by atoms with Crippen LogP contribution in [0.4, 0.5) is 0 Å². The fourth-order valence-electron chi connectivity index (χ4n) is 3.31. The van der Waals surface area contributed by atoms with Crippen molar-refractivity contribution in [3.05, 3.63) is 89.5 Å². The molecule has 126 valence electrons. The molecular weight excluding hydrogens is 310 g/mol. The minimum atomic E-state index is -0.840. The Kier molecular flexibility index (Phi) is 3.83. The van der Waals surface area contributed by atoms with Crippen LogP contribution in [0, 0.1) is 0 Å². The fraction of sp³-hybridized carbons (Fsp3) is 0.182. The molecule has 0 aliphatic carbocycles. The summed E-state index contributed by atoms with van der Waals surface area (Å²) in [4.78, 5) is 0. The summed E-state index contributed by atoms with van der Waals surface area (Å²) in [5.74, 6) is 0.902. The zero-order chi connectivity index (χ0) is 17.4. The van der Waals surface area contributed by atoms with Crippen LogP contribution >= 0.6 is 0 Å². The Balaban J connectivity index is 1.93. The highest BCUT2D eigenvalue weighted by atomic mass is 16.5. The smallest absolute Gasteiger partial charge is 0.149 e. The van der Waals surface area contributed by atoms with E-state index in [0.29, 0.717) is 0 Å². The van der Waals surface area contributed by atoms with E-state index in [2.05, 4.69) is 30.3 Å². The molecule has 3 aromatic carbocycles. The van der Waals surface area contributed by atoms with Crippen LogP contribution in [0.25, 0.3) is 11.1 Å². The molecule has 3 nitrogen and oxygen atoms in total. The molecule has 3 heteroatoms. The quantitative estimate of drug-likeness (QED) is 0.713. The number of fused-ring (bicyclic) bond motifs is 3. The van der Waals surface area contributed by atoms with E-state index in [0.717, 1.165) is 28.0 Å². The Morgan fingerprint density at radius 3 is 2.40 bits per heavy atom. The van der Waals surface area contributed by atoms with Crippen LogP contribution < -0.4 is 10.5 Å². The van der Waals surface area contributed by atoms with Gasteiger partial charge >= 0.3 is 0 Å². The second-order valence-electron chi connectivity index (χ2n) is 6.52. The molecule has 0 saturated heterocycles. The van der Waals surface area contributed by atoms with E-state index in [1.54, 1.807) is 7.11 Å². The van der Waals surface area contributed by atoms with E-state index >= 15 is 0 Å². The van der Waals surface area contributed by atoms with Crippen LogP contribution in [-0.2, 0) is 10.5 Å². The van der Waals surface area contributed by atoms with Gasteiger partial charge in [0, 0.05) is 18.2 Å². The van der Waals surface area contributed by atoms with Crippen LogP contribution in [0.5, 0.6) is 5.75 Å². The van der Waals surface area contributed by atoms with Crippen molar-refractivity contribution in [3.8, 4) is 16.9 Å². The molecule has 1 aliphatic heterocycles. The zero-order valence-corrected chi connectivity index (χ0v) is 14.4. The van der Waals surface area contributed by atoms with Crippen molar-refractivity contribution in [3.63, 3.8) is 0 Å². The van der Waals surface area contributed by atoms with Gasteiger partial charge in [0.1, 0.15) is 17.6 Å². The third-order valence-corrected chi connectivity index (χ3v) is 4.86. The number of benzene rings is 3. The highest BCUT2D eigenvalue weighted by molar-refractivity contribution is 5.77. The summed E-state index contributed by atoms with van der Waals surface area (Å²) in [6.07, 6.45) is -0.168. The summed E-state index contributed by atoms with van der Waals surface area (Å²) in [6, 6.07) is 24.7. The molecular formula is C22H21NO2. The fourth-order valence-corrected chi connectivity index (χ4v) is 3.31. The van der Waals surface area contributed by atoms with Crippen molar-refractivity contribution in [1.82, 2.24) is 0 Å². The van der Waals surface area contributed by atoms with Gasteiger partial charge in [-0.2, -0.15) is 0 Å². The largest absolute Gasteiger partial charge is 0.480 e. The van der Waals surface area contributed by atoms with Crippen molar-refractivity contribution in [2.45, 2.75) is 18.8 Å². The number of nitrogens with two attached hydrogens (primary N) is 1. The van der Waals surface area contributed by atoms with E-state index in [1.165, 1.54) is 5.56 Å². The first-order chi connectivity index (χ1) is 12.1. The van der Waals surface area contributed by atoms with Crippen molar-refractivity contribution in [2.24, 2.45) is 5.73 Å². The molecule has 0 bridgehead atoms. The molecule has 2 atom stereocenters. The Morgan fingerprint density at radius 2 is 1.64 bits per heavy atom. The molecule has 0 aromatic heterocycles. The van der Waals surface area contributed by atoms with Crippen LogP contribution in [-0.4, -0.2) is 7.11 Å². The maximum absolute atomic E-state index is 6.36. The molecule has 3 aromatic rings. The Bertz CT molecular complexity index is 903. The molecule has 0 radical (unpaired) electrons. The van der Waals surface area contributed by atoms with Gasteiger partial charge in [-0.15, -0.1) is 0 Å². The standard InChI is InChI=1S/C22H21NO2/c1-22(23,24-2)16-12-13-17-18-10-6-7-11-20(18)25-21(19(17)14-16)15-8-4-3-5-9-15/h3-14,21H,23H2,1-2H3. The molecule has 0 saturated carbocycles. The van der Waals surface area contributed by atoms with Gasteiger partial charge in [-0.05, 0) is 35.7 Å². The summed E-state index contributed by atoms with van der Waals surface area (Å²) in [5, 5.41) is 0. The molecule has 2 unspecified atom stereocenters. The number of ether oxygens (including phenoxy) is 2. The lowest BCUT2D eigenvalue weighted by atomic mass is 9.87. The summed E-state index contributed by atoms with van der Waals surface area (Å²) in [5.41, 5.74) is 10.9. The number of methoxy groups -OCH3 is 1. The first kappa shape index (κ1) is 15.9. The van der Waals surface area contributed by atoms with Crippen molar-refractivity contribution >= 4 is 0 Å². The minimum absolute atomic E-state index is 0.168. The van der Waals surface area contributed by atoms with Crippen LogP contribution in [0.2, 0.25) is 0 Å². The van der Waals surface area contributed by atoms with E-state index in [4.69, 9.17) is 15.2 Å². The first-order valence-corrected chi connectivity index (χ1v) is 8.39. The number of rotatable bonds is 3. The third-order valence-electron chi connectivity index (χ3n) is 4.86. The summed E-state index contributed by atoms with van der Waals surface area (Å²) >= 11 is 0. The summed E-state index contributed by atoms with van der Waals surface area (Å²) in [6.45, 7) is 1.86. The summed E-state index contributed by atoms with van der Waals surface area (Å²) < 4.78 is 11.8. The number of para-hydroxylation sites is 1. The molecule has 4 rings (SSSR count). The van der Waals surface area contributed by atoms with E-state index in [1.807, 2.05) is 49.4 Å². The first-order valence-electron chi connectivity index (χ1n) is 8.39. The van der Waals surface area contributed by atoms with Crippen LogP contribution in [0.1, 0.15) is 29.7 Å². The molecule has 25 heavy (non-hydrogen) atoms. The SMILES string of the molecule is COC(C)(N)c1ccc2c(c1)C(c1ccccc1)Oc1ccccc1-2. The van der Waals surface area contributed by atoms with E-state index < -0.39 is 5.72 Å². The lowest BCUT2D eigenvalue weighted by molar-refractivity contribution is 0.00755. The maximum atomic E-state index is 6.36. The maximum Gasteiger partial charge on any atom is 0.149 e. The van der Waals surface area contributed by atoms with Gasteiger partial charge in [0.05, 0.1) is 0 Å². The van der Waals surface area contributed by atoms with E-state index in [-0.39, 0.29) is 6.10 Å². The van der Waals surface area contributed by atoms with Gasteiger partial charge in [0.15, 0.2) is 0 Å².